The number of thioether (sulfide) groups is 1. The quantitative estimate of drug-likeness (QED) is 0.636. The number of ether oxygens (including phenoxy) is 2. The van der Waals surface area contributed by atoms with Crippen LogP contribution in [0.15, 0.2) is 21.6 Å². The smallest absolute Gasteiger partial charge is 0.244 e. The van der Waals surface area contributed by atoms with E-state index in [1.54, 1.807) is 26.0 Å². The van der Waals surface area contributed by atoms with Gasteiger partial charge in [-0.1, -0.05) is 25.4 Å². The van der Waals surface area contributed by atoms with E-state index in [0.717, 1.165) is 53.2 Å². The highest BCUT2D eigenvalue weighted by Crippen LogP contribution is 2.38. The first-order chi connectivity index (χ1) is 13.1. The Morgan fingerprint density at radius 3 is 2.63 bits per heavy atom. The van der Waals surface area contributed by atoms with E-state index in [-0.39, 0.29) is 12.0 Å². The number of benzene rings is 1. The second-order valence-corrected chi connectivity index (χ2v) is 7.99. The molecule has 3 rings (SSSR count). The van der Waals surface area contributed by atoms with Gasteiger partial charge in [0.1, 0.15) is 11.5 Å². The van der Waals surface area contributed by atoms with Crippen molar-refractivity contribution < 1.29 is 14.0 Å². The molecule has 0 spiro atoms. The number of rotatable bonds is 7. The molecule has 0 radical (unpaired) electrons. The van der Waals surface area contributed by atoms with E-state index in [1.807, 2.05) is 6.26 Å². The molecule has 2 heterocycles. The largest absolute Gasteiger partial charge is 0.496 e. The standard InChI is InChI=1S/C20H29N3O3S/c1-13(2)19-21-20(26-22-19)15-8-6-7-9-23(15)12-14-10-17(25-4)18(27-5)11-16(14)24-3/h10-11,13,15H,6-9,12H2,1-5H3. The Bertz CT molecular complexity index is 763. The third-order valence-electron chi connectivity index (χ3n) is 5.03. The summed E-state index contributed by atoms with van der Waals surface area (Å²) in [7, 11) is 3.43. The predicted molar refractivity (Wildman–Crippen MR) is 107 cm³/mol. The van der Waals surface area contributed by atoms with Crippen LogP contribution in [0.25, 0.3) is 0 Å². The molecule has 1 aliphatic rings. The van der Waals surface area contributed by atoms with Crippen LogP contribution in [0.1, 0.15) is 62.3 Å². The number of hydrogen-bond acceptors (Lipinski definition) is 7. The minimum atomic E-state index is 0.148. The molecule has 0 aliphatic carbocycles. The first-order valence-electron chi connectivity index (χ1n) is 9.43. The Kier molecular flexibility index (Phi) is 6.65. The van der Waals surface area contributed by atoms with Crippen LogP contribution in [0, 0.1) is 0 Å². The second kappa shape index (κ2) is 8.97. The number of hydrogen-bond donors (Lipinski definition) is 0. The van der Waals surface area contributed by atoms with E-state index in [1.165, 1.54) is 12.8 Å². The van der Waals surface area contributed by atoms with Gasteiger partial charge in [0.15, 0.2) is 5.82 Å². The molecule has 1 atom stereocenters. The van der Waals surface area contributed by atoms with E-state index < -0.39 is 0 Å². The molecule has 2 aromatic rings. The lowest BCUT2D eigenvalue weighted by Crippen LogP contribution is -2.33. The number of methoxy groups -OCH3 is 2. The molecule has 27 heavy (non-hydrogen) atoms. The molecule has 1 unspecified atom stereocenters. The number of piperidine rings is 1. The third kappa shape index (κ3) is 4.41. The van der Waals surface area contributed by atoms with Gasteiger partial charge < -0.3 is 14.0 Å². The van der Waals surface area contributed by atoms with Crippen LogP contribution >= 0.6 is 11.8 Å². The molecule has 148 valence electrons. The molecule has 0 amide bonds. The van der Waals surface area contributed by atoms with Crippen molar-refractivity contribution in [2.24, 2.45) is 0 Å². The van der Waals surface area contributed by atoms with E-state index in [4.69, 9.17) is 14.0 Å². The fourth-order valence-electron chi connectivity index (χ4n) is 3.51. The highest BCUT2D eigenvalue weighted by Gasteiger charge is 2.30. The average Bonchev–Trinajstić information content (AvgIpc) is 3.18. The minimum Gasteiger partial charge on any atom is -0.496 e. The third-order valence-corrected chi connectivity index (χ3v) is 5.79. The van der Waals surface area contributed by atoms with Crippen LogP contribution < -0.4 is 9.47 Å². The summed E-state index contributed by atoms with van der Waals surface area (Å²) in [6.07, 6.45) is 5.41. The SMILES string of the molecule is COc1cc(SC)c(OC)cc1CN1CCCCC1c1nc(C(C)C)no1. The highest BCUT2D eigenvalue weighted by atomic mass is 32.2. The summed E-state index contributed by atoms with van der Waals surface area (Å²) in [6, 6.07) is 4.29. The zero-order valence-corrected chi connectivity index (χ0v) is 17.6. The minimum absolute atomic E-state index is 0.148. The zero-order chi connectivity index (χ0) is 19.4. The van der Waals surface area contributed by atoms with Crippen molar-refractivity contribution >= 4 is 11.8 Å². The maximum atomic E-state index is 5.66. The average molecular weight is 392 g/mol. The van der Waals surface area contributed by atoms with Crippen LogP contribution in [-0.2, 0) is 6.54 Å². The van der Waals surface area contributed by atoms with Gasteiger partial charge in [0.2, 0.25) is 5.89 Å². The zero-order valence-electron chi connectivity index (χ0n) is 16.8. The lowest BCUT2D eigenvalue weighted by Gasteiger charge is -2.33. The maximum absolute atomic E-state index is 5.66. The maximum Gasteiger partial charge on any atom is 0.244 e. The first-order valence-corrected chi connectivity index (χ1v) is 10.7. The van der Waals surface area contributed by atoms with Gasteiger partial charge in [-0.05, 0) is 37.8 Å². The summed E-state index contributed by atoms with van der Waals surface area (Å²) in [4.78, 5) is 8.14. The fraction of sp³-hybridized carbons (Fsp3) is 0.600. The molecule has 1 fully saturated rings. The van der Waals surface area contributed by atoms with Crippen molar-refractivity contribution in [2.45, 2.75) is 56.5 Å². The van der Waals surface area contributed by atoms with Crippen molar-refractivity contribution in [2.75, 3.05) is 27.0 Å². The molecule has 1 aromatic carbocycles. The van der Waals surface area contributed by atoms with Crippen LogP contribution in [0.5, 0.6) is 11.5 Å². The van der Waals surface area contributed by atoms with Crippen molar-refractivity contribution in [3.05, 3.63) is 29.4 Å². The monoisotopic (exact) mass is 391 g/mol. The van der Waals surface area contributed by atoms with E-state index in [0.29, 0.717) is 0 Å². The van der Waals surface area contributed by atoms with Gasteiger partial charge in [-0.2, -0.15) is 4.98 Å². The topological polar surface area (TPSA) is 60.6 Å². The van der Waals surface area contributed by atoms with Gasteiger partial charge in [-0.25, -0.2) is 0 Å². The van der Waals surface area contributed by atoms with Crippen LogP contribution in [0.4, 0.5) is 0 Å². The lowest BCUT2D eigenvalue weighted by atomic mass is 10.0. The summed E-state index contributed by atoms with van der Waals surface area (Å²) < 4.78 is 16.8. The molecule has 0 bridgehead atoms. The van der Waals surface area contributed by atoms with E-state index in [9.17, 15) is 0 Å². The molecule has 6 nitrogen and oxygen atoms in total. The predicted octanol–water partition coefficient (Wildman–Crippen LogP) is 4.66. The number of nitrogens with zero attached hydrogens (tertiary/aromatic N) is 3. The molecule has 7 heteroatoms. The summed E-state index contributed by atoms with van der Waals surface area (Å²) >= 11 is 1.66. The molecule has 1 saturated heterocycles. The number of aromatic nitrogens is 2. The second-order valence-electron chi connectivity index (χ2n) is 7.15. The summed E-state index contributed by atoms with van der Waals surface area (Å²) in [6.45, 7) is 5.92. The number of likely N-dealkylation sites (tertiary alicyclic amines) is 1. The fourth-order valence-corrected chi connectivity index (χ4v) is 4.08. The van der Waals surface area contributed by atoms with Crippen molar-refractivity contribution in [1.82, 2.24) is 15.0 Å². The van der Waals surface area contributed by atoms with Gasteiger partial charge in [-0.15, -0.1) is 11.8 Å². The molecule has 1 aromatic heterocycles. The molecule has 0 N–H and O–H groups in total. The Balaban J connectivity index is 1.87. The van der Waals surface area contributed by atoms with Crippen molar-refractivity contribution in [3.8, 4) is 11.5 Å². The van der Waals surface area contributed by atoms with Gasteiger partial charge >= 0.3 is 0 Å². The van der Waals surface area contributed by atoms with E-state index in [2.05, 4.69) is 41.0 Å². The Morgan fingerprint density at radius 1 is 1.22 bits per heavy atom. The van der Waals surface area contributed by atoms with Gasteiger partial charge in [0, 0.05) is 18.0 Å². The lowest BCUT2D eigenvalue weighted by molar-refractivity contribution is 0.110. The van der Waals surface area contributed by atoms with Crippen molar-refractivity contribution in [1.29, 1.82) is 0 Å². The highest BCUT2D eigenvalue weighted by molar-refractivity contribution is 7.98. The van der Waals surface area contributed by atoms with Gasteiger partial charge in [0.05, 0.1) is 25.2 Å². The Hall–Kier alpha value is -1.73. The van der Waals surface area contributed by atoms with Crippen LogP contribution in [-0.4, -0.2) is 42.1 Å². The first kappa shape index (κ1) is 20.0. The van der Waals surface area contributed by atoms with Gasteiger partial charge in [0.25, 0.3) is 0 Å². The molecular weight excluding hydrogens is 362 g/mol. The summed E-state index contributed by atoms with van der Waals surface area (Å²) in [5, 5.41) is 4.16. The molecule has 1 aliphatic heterocycles. The Morgan fingerprint density at radius 2 is 2.00 bits per heavy atom. The Labute approximate surface area is 165 Å². The summed E-state index contributed by atoms with van der Waals surface area (Å²) in [5.74, 6) is 3.54. The summed E-state index contributed by atoms with van der Waals surface area (Å²) in [5.41, 5.74) is 1.11. The molecule has 0 saturated carbocycles. The van der Waals surface area contributed by atoms with E-state index >= 15 is 0 Å². The van der Waals surface area contributed by atoms with Gasteiger partial charge in [-0.3, -0.25) is 4.90 Å². The molecular formula is C20H29N3O3S. The normalized spacial score (nSPS) is 18.1. The van der Waals surface area contributed by atoms with Crippen LogP contribution in [0.2, 0.25) is 0 Å². The van der Waals surface area contributed by atoms with Crippen molar-refractivity contribution in [3.63, 3.8) is 0 Å². The van der Waals surface area contributed by atoms with Crippen LogP contribution in [0.3, 0.4) is 0 Å².